The summed E-state index contributed by atoms with van der Waals surface area (Å²) in [6, 6.07) is 22.8. The van der Waals surface area contributed by atoms with Gasteiger partial charge in [-0.15, -0.1) is 0 Å². The van der Waals surface area contributed by atoms with Crippen molar-refractivity contribution in [2.24, 2.45) is 0 Å². The standard InChI is InChI=1S/C15H17OPSi/c1-16-18-13-12-17(14-8-4-2-5-9-14)15-10-6-3-7-11-15/h2-11H,12-13H2,1H3. The van der Waals surface area contributed by atoms with E-state index in [0.717, 1.165) is 6.04 Å². The molecule has 0 aliphatic rings. The first-order valence-corrected chi connectivity index (χ1v) is 8.69. The number of hydrogen-bond donors (Lipinski definition) is 0. The average molecular weight is 272 g/mol. The van der Waals surface area contributed by atoms with Gasteiger partial charge in [0, 0.05) is 7.11 Å². The smallest absolute Gasteiger partial charge is 0.229 e. The Morgan fingerprint density at radius 1 is 0.889 bits per heavy atom. The van der Waals surface area contributed by atoms with Crippen LogP contribution < -0.4 is 10.6 Å². The van der Waals surface area contributed by atoms with Crippen molar-refractivity contribution in [1.82, 2.24) is 0 Å². The number of hydrogen-bond acceptors (Lipinski definition) is 1. The van der Waals surface area contributed by atoms with E-state index in [9.17, 15) is 0 Å². The van der Waals surface area contributed by atoms with Gasteiger partial charge in [-0.3, -0.25) is 0 Å². The predicted molar refractivity (Wildman–Crippen MR) is 81.5 cm³/mol. The lowest BCUT2D eigenvalue weighted by Gasteiger charge is -2.18. The Morgan fingerprint density at radius 2 is 1.39 bits per heavy atom. The van der Waals surface area contributed by atoms with Crippen molar-refractivity contribution >= 4 is 28.3 Å². The van der Waals surface area contributed by atoms with E-state index in [0.29, 0.717) is 9.76 Å². The molecule has 0 aromatic heterocycles. The molecule has 0 unspecified atom stereocenters. The molecule has 2 rings (SSSR count). The summed E-state index contributed by atoms with van der Waals surface area (Å²) in [6.45, 7) is 0. The number of benzene rings is 2. The molecule has 1 nitrogen and oxygen atoms in total. The summed E-state index contributed by atoms with van der Waals surface area (Å²) in [7, 11) is 2.16. The molecule has 0 aliphatic carbocycles. The van der Waals surface area contributed by atoms with Crippen LogP contribution in [0.5, 0.6) is 0 Å². The van der Waals surface area contributed by atoms with E-state index < -0.39 is 0 Å². The fraction of sp³-hybridized carbons (Fsp3) is 0.200. The highest BCUT2D eigenvalue weighted by molar-refractivity contribution is 7.73. The van der Waals surface area contributed by atoms with Crippen LogP contribution in [0.25, 0.3) is 0 Å². The molecule has 3 heteroatoms. The molecule has 0 heterocycles. The van der Waals surface area contributed by atoms with Crippen LogP contribution in [0, 0.1) is 0 Å². The van der Waals surface area contributed by atoms with Gasteiger partial charge in [0.15, 0.2) is 0 Å². The van der Waals surface area contributed by atoms with Gasteiger partial charge >= 0.3 is 0 Å². The molecule has 0 N–H and O–H groups in total. The molecule has 0 aliphatic heterocycles. The van der Waals surface area contributed by atoms with Crippen molar-refractivity contribution in [3.05, 3.63) is 60.7 Å². The van der Waals surface area contributed by atoms with E-state index in [1.807, 2.05) is 0 Å². The van der Waals surface area contributed by atoms with Crippen LogP contribution >= 0.6 is 7.92 Å². The zero-order valence-corrected chi connectivity index (χ0v) is 12.4. The lowest BCUT2D eigenvalue weighted by atomic mass is 10.4. The molecule has 18 heavy (non-hydrogen) atoms. The van der Waals surface area contributed by atoms with Crippen molar-refractivity contribution in [3.63, 3.8) is 0 Å². The van der Waals surface area contributed by atoms with Gasteiger partial charge in [-0.2, -0.15) is 0 Å². The Morgan fingerprint density at radius 3 is 1.83 bits per heavy atom. The van der Waals surface area contributed by atoms with Gasteiger partial charge in [0.05, 0.1) is 0 Å². The van der Waals surface area contributed by atoms with Crippen molar-refractivity contribution in [3.8, 4) is 0 Å². The molecule has 0 fully saturated rings. The molecule has 0 saturated carbocycles. The molecular formula is C15H17OPSi. The zero-order valence-electron chi connectivity index (χ0n) is 10.5. The van der Waals surface area contributed by atoms with Crippen LogP contribution in [-0.4, -0.2) is 23.0 Å². The molecule has 0 bridgehead atoms. The van der Waals surface area contributed by atoms with Gasteiger partial charge in [0.1, 0.15) is 0 Å². The normalized spacial score (nSPS) is 10.8. The summed E-state index contributed by atoms with van der Waals surface area (Å²) in [6.07, 6.45) is 1.20. The lowest BCUT2D eigenvalue weighted by Crippen LogP contribution is -2.14. The quantitative estimate of drug-likeness (QED) is 0.446. The van der Waals surface area contributed by atoms with Crippen LogP contribution in [0.1, 0.15) is 0 Å². The Balaban J connectivity index is 2.18. The minimum atomic E-state index is -0.236. The molecule has 0 atom stereocenters. The minimum absolute atomic E-state index is 0.236. The third-order valence-electron chi connectivity index (χ3n) is 2.72. The molecule has 2 aromatic rings. The van der Waals surface area contributed by atoms with Crippen molar-refractivity contribution < 1.29 is 4.43 Å². The summed E-state index contributed by atoms with van der Waals surface area (Å²) in [5, 5.41) is 2.92. The molecule has 0 spiro atoms. The fourth-order valence-corrected chi connectivity index (χ4v) is 5.22. The van der Waals surface area contributed by atoms with Crippen LogP contribution in [0.4, 0.5) is 0 Å². The van der Waals surface area contributed by atoms with Gasteiger partial charge in [-0.25, -0.2) is 0 Å². The van der Waals surface area contributed by atoms with Gasteiger partial charge < -0.3 is 4.43 Å². The maximum atomic E-state index is 5.20. The van der Waals surface area contributed by atoms with Crippen LogP contribution in [0.2, 0.25) is 6.04 Å². The Hall–Kier alpha value is -0.953. The highest BCUT2D eigenvalue weighted by atomic mass is 31.1. The van der Waals surface area contributed by atoms with E-state index in [-0.39, 0.29) is 7.92 Å². The van der Waals surface area contributed by atoms with Gasteiger partial charge in [-0.05, 0) is 30.7 Å². The van der Waals surface area contributed by atoms with Crippen LogP contribution in [-0.2, 0) is 4.43 Å². The monoisotopic (exact) mass is 272 g/mol. The molecule has 0 amide bonds. The average Bonchev–Trinajstić information content (AvgIpc) is 2.46. The van der Waals surface area contributed by atoms with Gasteiger partial charge in [-0.1, -0.05) is 60.7 Å². The van der Waals surface area contributed by atoms with Crippen LogP contribution in [0.3, 0.4) is 0 Å². The highest BCUT2D eigenvalue weighted by Crippen LogP contribution is 2.34. The second kappa shape index (κ2) is 7.47. The molecule has 2 aromatic carbocycles. The zero-order chi connectivity index (χ0) is 12.6. The molecule has 92 valence electrons. The second-order valence-corrected chi connectivity index (χ2v) is 7.45. The lowest BCUT2D eigenvalue weighted by molar-refractivity contribution is 0.442. The number of rotatable bonds is 6. The maximum absolute atomic E-state index is 5.20. The summed E-state index contributed by atoms with van der Waals surface area (Å²) >= 11 is 0. The topological polar surface area (TPSA) is 9.23 Å². The van der Waals surface area contributed by atoms with Crippen molar-refractivity contribution in [1.29, 1.82) is 0 Å². The van der Waals surface area contributed by atoms with Gasteiger partial charge in [0.25, 0.3) is 0 Å². The first kappa shape index (κ1) is 13.5. The van der Waals surface area contributed by atoms with E-state index in [4.69, 9.17) is 4.43 Å². The van der Waals surface area contributed by atoms with E-state index in [1.54, 1.807) is 7.11 Å². The first-order valence-electron chi connectivity index (χ1n) is 6.05. The highest BCUT2D eigenvalue weighted by Gasteiger charge is 2.12. The van der Waals surface area contributed by atoms with Crippen molar-refractivity contribution in [2.45, 2.75) is 6.04 Å². The van der Waals surface area contributed by atoms with Crippen molar-refractivity contribution in [2.75, 3.05) is 13.3 Å². The fourth-order valence-electron chi connectivity index (χ4n) is 1.88. The molecule has 0 saturated heterocycles. The maximum Gasteiger partial charge on any atom is 0.229 e. The largest absolute Gasteiger partial charge is 0.421 e. The summed E-state index contributed by atoms with van der Waals surface area (Å²) < 4.78 is 5.20. The molecule has 2 radical (unpaired) electrons. The summed E-state index contributed by atoms with van der Waals surface area (Å²) in [5.74, 6) is 0. The third kappa shape index (κ3) is 3.77. The summed E-state index contributed by atoms with van der Waals surface area (Å²) in [5.41, 5.74) is 0. The van der Waals surface area contributed by atoms with Crippen LogP contribution in [0.15, 0.2) is 60.7 Å². The Bertz CT molecular complexity index is 407. The van der Waals surface area contributed by atoms with E-state index in [2.05, 4.69) is 60.7 Å². The first-order chi connectivity index (χ1) is 8.92. The predicted octanol–water partition coefficient (Wildman–Crippen LogP) is 2.80. The minimum Gasteiger partial charge on any atom is -0.421 e. The van der Waals surface area contributed by atoms with E-state index >= 15 is 0 Å². The SMILES string of the molecule is CO[Si]CCP(c1ccccc1)c1ccccc1. The van der Waals surface area contributed by atoms with Gasteiger partial charge in [0.2, 0.25) is 9.76 Å². The Kier molecular flexibility index (Phi) is 5.60. The second-order valence-electron chi connectivity index (χ2n) is 3.92. The third-order valence-corrected chi connectivity index (χ3v) is 6.39. The van der Waals surface area contributed by atoms with E-state index in [1.165, 1.54) is 16.8 Å². The Labute approximate surface area is 113 Å². The molecular weight excluding hydrogens is 255 g/mol. The summed E-state index contributed by atoms with van der Waals surface area (Å²) in [4.78, 5) is 0.